The Morgan fingerprint density at radius 3 is 2.33 bits per heavy atom. The first-order chi connectivity index (χ1) is 13.1. The molecular formula is C23H28N4. The number of rotatable bonds is 8. The molecule has 4 nitrogen and oxygen atoms in total. The molecule has 0 aliphatic rings. The molecule has 0 aliphatic heterocycles. The molecule has 0 unspecified atom stereocenters. The van der Waals surface area contributed by atoms with E-state index in [1.165, 1.54) is 16.8 Å². The highest BCUT2D eigenvalue weighted by Crippen LogP contribution is 2.32. The van der Waals surface area contributed by atoms with Gasteiger partial charge in [-0.3, -0.25) is 0 Å². The van der Waals surface area contributed by atoms with Gasteiger partial charge >= 0.3 is 0 Å². The molecule has 0 bridgehead atoms. The summed E-state index contributed by atoms with van der Waals surface area (Å²) < 4.78 is 0. The van der Waals surface area contributed by atoms with Crippen molar-refractivity contribution in [3.63, 3.8) is 0 Å². The minimum Gasteiger partial charge on any atom is -0.396 e. The Labute approximate surface area is 162 Å². The van der Waals surface area contributed by atoms with Crippen LogP contribution in [0.2, 0.25) is 0 Å². The number of hydrogen-bond donors (Lipinski definition) is 1. The Morgan fingerprint density at radius 1 is 0.852 bits per heavy atom. The van der Waals surface area contributed by atoms with Crippen LogP contribution in [0, 0.1) is 0 Å². The van der Waals surface area contributed by atoms with Crippen molar-refractivity contribution >= 4 is 17.2 Å². The van der Waals surface area contributed by atoms with Gasteiger partial charge in [0.25, 0.3) is 0 Å². The van der Waals surface area contributed by atoms with Crippen LogP contribution in [0.4, 0.5) is 17.2 Å². The van der Waals surface area contributed by atoms with Crippen LogP contribution in [0.25, 0.3) is 0 Å². The second-order valence-corrected chi connectivity index (χ2v) is 7.02. The van der Waals surface area contributed by atoms with Crippen molar-refractivity contribution in [1.82, 2.24) is 9.88 Å². The van der Waals surface area contributed by atoms with Gasteiger partial charge in [-0.1, -0.05) is 48.5 Å². The summed E-state index contributed by atoms with van der Waals surface area (Å²) in [7, 11) is 4.20. The molecule has 0 atom stereocenters. The largest absolute Gasteiger partial charge is 0.396 e. The number of pyridine rings is 1. The first kappa shape index (κ1) is 18.9. The highest BCUT2D eigenvalue weighted by atomic mass is 15.2. The fraction of sp³-hybridized carbons (Fsp3) is 0.261. The van der Waals surface area contributed by atoms with Gasteiger partial charge in [-0.15, -0.1) is 0 Å². The zero-order valence-electron chi connectivity index (χ0n) is 16.2. The van der Waals surface area contributed by atoms with E-state index in [1.54, 1.807) is 0 Å². The summed E-state index contributed by atoms with van der Waals surface area (Å²) in [6.07, 6.45) is 3.72. The minimum absolute atomic E-state index is 0.705. The molecule has 3 aromatic rings. The molecule has 0 aliphatic carbocycles. The van der Waals surface area contributed by atoms with Gasteiger partial charge in [0, 0.05) is 18.4 Å². The zero-order chi connectivity index (χ0) is 19.1. The van der Waals surface area contributed by atoms with Crippen LogP contribution < -0.4 is 10.6 Å². The number of nitrogens with two attached hydrogens (primary N) is 1. The van der Waals surface area contributed by atoms with Crippen LogP contribution in [0.1, 0.15) is 17.5 Å². The standard InChI is InChI=1S/C23H28N4/c1-26(2)16-9-17-27(23-21(24)13-8-15-25-23)22-14-7-6-12-20(22)18-19-10-4-3-5-11-19/h3-8,10-15H,9,16-18,24H2,1-2H3. The maximum absolute atomic E-state index is 6.28. The van der Waals surface area contributed by atoms with Gasteiger partial charge in [0.05, 0.1) is 5.69 Å². The maximum atomic E-state index is 6.28. The third kappa shape index (κ3) is 5.08. The van der Waals surface area contributed by atoms with Crippen molar-refractivity contribution in [2.45, 2.75) is 12.8 Å². The molecule has 0 saturated carbocycles. The first-order valence-corrected chi connectivity index (χ1v) is 9.40. The molecule has 2 N–H and O–H groups in total. The molecule has 140 valence electrons. The molecule has 1 heterocycles. The van der Waals surface area contributed by atoms with E-state index in [-0.39, 0.29) is 0 Å². The number of hydrogen-bond acceptors (Lipinski definition) is 4. The van der Waals surface area contributed by atoms with Gasteiger partial charge in [-0.2, -0.15) is 0 Å². The average molecular weight is 361 g/mol. The number of nitrogen functional groups attached to an aromatic ring is 1. The van der Waals surface area contributed by atoms with Crippen molar-refractivity contribution in [1.29, 1.82) is 0 Å². The third-order valence-electron chi connectivity index (χ3n) is 4.58. The number of anilines is 3. The Kier molecular flexibility index (Phi) is 6.44. The van der Waals surface area contributed by atoms with Gasteiger partial charge in [0.1, 0.15) is 0 Å². The van der Waals surface area contributed by atoms with Crippen molar-refractivity contribution in [2.75, 3.05) is 37.8 Å². The smallest absolute Gasteiger partial charge is 0.156 e. The summed E-state index contributed by atoms with van der Waals surface area (Å²) >= 11 is 0. The summed E-state index contributed by atoms with van der Waals surface area (Å²) in [6, 6.07) is 22.9. The predicted octanol–water partition coefficient (Wildman–Crippen LogP) is 4.34. The summed E-state index contributed by atoms with van der Waals surface area (Å²) in [6.45, 7) is 1.88. The monoisotopic (exact) mass is 360 g/mol. The topological polar surface area (TPSA) is 45.4 Å². The lowest BCUT2D eigenvalue weighted by molar-refractivity contribution is 0.402. The van der Waals surface area contributed by atoms with E-state index in [0.717, 1.165) is 31.7 Å². The predicted molar refractivity (Wildman–Crippen MR) is 115 cm³/mol. The highest BCUT2D eigenvalue weighted by Gasteiger charge is 2.16. The van der Waals surface area contributed by atoms with Gasteiger partial charge in [0.15, 0.2) is 5.82 Å². The van der Waals surface area contributed by atoms with E-state index >= 15 is 0 Å². The first-order valence-electron chi connectivity index (χ1n) is 9.40. The quantitative estimate of drug-likeness (QED) is 0.649. The second-order valence-electron chi connectivity index (χ2n) is 7.02. The zero-order valence-corrected chi connectivity index (χ0v) is 16.2. The van der Waals surface area contributed by atoms with Crippen LogP contribution in [0.15, 0.2) is 72.9 Å². The number of benzene rings is 2. The number of nitrogens with zero attached hydrogens (tertiary/aromatic N) is 3. The lowest BCUT2D eigenvalue weighted by atomic mass is 10.0. The van der Waals surface area contributed by atoms with Crippen LogP contribution in [-0.2, 0) is 6.42 Å². The molecule has 0 fully saturated rings. The van der Waals surface area contributed by atoms with Gasteiger partial charge in [-0.25, -0.2) is 4.98 Å². The van der Waals surface area contributed by atoms with Gasteiger partial charge in [-0.05, 0) is 62.8 Å². The third-order valence-corrected chi connectivity index (χ3v) is 4.58. The van der Waals surface area contributed by atoms with Crippen molar-refractivity contribution in [3.8, 4) is 0 Å². The number of aromatic nitrogens is 1. The molecule has 27 heavy (non-hydrogen) atoms. The Hall–Kier alpha value is -2.85. The van der Waals surface area contributed by atoms with Crippen LogP contribution in [0.5, 0.6) is 0 Å². The van der Waals surface area contributed by atoms with Gasteiger partial charge in [0.2, 0.25) is 0 Å². The Bertz CT molecular complexity index is 846. The van der Waals surface area contributed by atoms with E-state index in [2.05, 4.69) is 83.5 Å². The number of para-hydroxylation sites is 1. The van der Waals surface area contributed by atoms with E-state index in [4.69, 9.17) is 5.73 Å². The molecule has 0 spiro atoms. The Balaban J connectivity index is 1.95. The molecule has 1 aromatic heterocycles. The normalized spacial score (nSPS) is 10.9. The molecule has 0 amide bonds. The fourth-order valence-corrected chi connectivity index (χ4v) is 3.26. The highest BCUT2D eigenvalue weighted by molar-refractivity contribution is 5.73. The van der Waals surface area contributed by atoms with E-state index in [1.807, 2.05) is 18.3 Å². The summed E-state index contributed by atoms with van der Waals surface area (Å²) in [5, 5.41) is 0. The van der Waals surface area contributed by atoms with E-state index < -0.39 is 0 Å². The Morgan fingerprint density at radius 2 is 1.59 bits per heavy atom. The van der Waals surface area contributed by atoms with E-state index in [0.29, 0.717) is 5.69 Å². The van der Waals surface area contributed by atoms with Gasteiger partial charge < -0.3 is 15.5 Å². The molecule has 3 rings (SSSR count). The SMILES string of the molecule is CN(C)CCCN(c1ccccc1Cc1ccccc1)c1ncccc1N. The lowest BCUT2D eigenvalue weighted by Crippen LogP contribution is -2.25. The lowest BCUT2D eigenvalue weighted by Gasteiger charge is -2.28. The average Bonchev–Trinajstić information content (AvgIpc) is 2.67. The second kappa shape index (κ2) is 9.19. The summed E-state index contributed by atoms with van der Waals surface area (Å²) in [5.41, 5.74) is 10.7. The fourth-order valence-electron chi connectivity index (χ4n) is 3.26. The molecule has 0 radical (unpaired) electrons. The minimum atomic E-state index is 0.705. The van der Waals surface area contributed by atoms with Crippen LogP contribution in [-0.4, -0.2) is 37.1 Å². The van der Waals surface area contributed by atoms with Crippen molar-refractivity contribution in [2.24, 2.45) is 0 Å². The van der Waals surface area contributed by atoms with Crippen molar-refractivity contribution in [3.05, 3.63) is 84.1 Å². The molecule has 4 heteroatoms. The van der Waals surface area contributed by atoms with E-state index in [9.17, 15) is 0 Å². The summed E-state index contributed by atoms with van der Waals surface area (Å²) in [5.74, 6) is 0.830. The molecule has 0 saturated heterocycles. The summed E-state index contributed by atoms with van der Waals surface area (Å²) in [4.78, 5) is 9.05. The molecular weight excluding hydrogens is 332 g/mol. The molecule has 2 aromatic carbocycles. The van der Waals surface area contributed by atoms with Crippen molar-refractivity contribution < 1.29 is 0 Å². The van der Waals surface area contributed by atoms with Crippen LogP contribution in [0.3, 0.4) is 0 Å². The maximum Gasteiger partial charge on any atom is 0.156 e. The van der Waals surface area contributed by atoms with Crippen LogP contribution >= 0.6 is 0 Å².